The highest BCUT2D eigenvalue weighted by atomic mass is 16.5. The largest absolute Gasteiger partial charge is 0.456 e. The van der Waals surface area contributed by atoms with Crippen molar-refractivity contribution in [2.45, 2.75) is 33.1 Å². The second kappa shape index (κ2) is 8.54. The van der Waals surface area contributed by atoms with Gasteiger partial charge in [0.05, 0.1) is 0 Å². The van der Waals surface area contributed by atoms with Crippen LogP contribution in [-0.4, -0.2) is 23.5 Å². The lowest BCUT2D eigenvalue weighted by atomic mass is 10.1. The first-order valence-electron chi connectivity index (χ1n) is 9.10. The first kappa shape index (κ1) is 18.7. The molecule has 0 unspecified atom stereocenters. The van der Waals surface area contributed by atoms with Crippen molar-refractivity contribution in [3.05, 3.63) is 65.4 Å². The standard InChI is InChI=1S/C22H24N2O3/c1-15-10-11-18(12-16(15)2)24-21(25)14-27-22(26)9-5-6-17-13-23-20-8-4-3-7-19(17)20/h3-4,7-8,10-13,23H,5-6,9,14H2,1-2H3,(H,24,25). The molecule has 140 valence electrons. The van der Waals surface area contributed by atoms with E-state index in [0.29, 0.717) is 12.1 Å². The van der Waals surface area contributed by atoms with Crippen molar-refractivity contribution in [2.75, 3.05) is 11.9 Å². The molecule has 0 aliphatic rings. The number of H-pyrrole nitrogens is 1. The number of fused-ring (bicyclic) bond motifs is 1. The first-order valence-corrected chi connectivity index (χ1v) is 9.10. The van der Waals surface area contributed by atoms with Gasteiger partial charge in [0.15, 0.2) is 6.61 Å². The second-order valence-corrected chi connectivity index (χ2v) is 6.72. The second-order valence-electron chi connectivity index (χ2n) is 6.72. The lowest BCUT2D eigenvalue weighted by molar-refractivity contribution is -0.147. The maximum Gasteiger partial charge on any atom is 0.306 e. The SMILES string of the molecule is Cc1ccc(NC(=O)COC(=O)CCCc2c[nH]c3ccccc23)cc1C. The summed E-state index contributed by atoms with van der Waals surface area (Å²) in [4.78, 5) is 27.0. The third kappa shape index (κ3) is 4.97. The van der Waals surface area contributed by atoms with E-state index in [0.717, 1.165) is 23.1 Å². The molecule has 2 aromatic carbocycles. The Kier molecular flexibility index (Phi) is 5.91. The number of hydrogen-bond donors (Lipinski definition) is 2. The molecule has 3 rings (SSSR count). The van der Waals surface area contributed by atoms with Crippen molar-refractivity contribution in [3.8, 4) is 0 Å². The average Bonchev–Trinajstić information content (AvgIpc) is 3.06. The monoisotopic (exact) mass is 364 g/mol. The van der Waals surface area contributed by atoms with Crippen molar-refractivity contribution >= 4 is 28.5 Å². The Bertz CT molecular complexity index is 959. The Balaban J connectivity index is 1.40. The van der Waals surface area contributed by atoms with E-state index in [9.17, 15) is 9.59 Å². The number of para-hydroxylation sites is 1. The maximum atomic E-state index is 11.9. The highest BCUT2D eigenvalue weighted by molar-refractivity contribution is 5.92. The van der Waals surface area contributed by atoms with E-state index in [-0.39, 0.29) is 24.9 Å². The Morgan fingerprint density at radius 1 is 1.07 bits per heavy atom. The number of rotatable bonds is 7. The fraction of sp³-hybridized carbons (Fsp3) is 0.273. The number of hydrogen-bond acceptors (Lipinski definition) is 3. The van der Waals surface area contributed by atoms with Crippen LogP contribution in [0.3, 0.4) is 0 Å². The molecule has 5 heteroatoms. The van der Waals surface area contributed by atoms with Crippen LogP contribution < -0.4 is 5.32 Å². The molecule has 0 fully saturated rings. The van der Waals surface area contributed by atoms with E-state index in [4.69, 9.17) is 4.74 Å². The van der Waals surface area contributed by atoms with Gasteiger partial charge in [-0.05, 0) is 61.6 Å². The van der Waals surface area contributed by atoms with Gasteiger partial charge < -0.3 is 15.0 Å². The van der Waals surface area contributed by atoms with Crippen LogP contribution in [0.4, 0.5) is 5.69 Å². The molecule has 27 heavy (non-hydrogen) atoms. The summed E-state index contributed by atoms with van der Waals surface area (Å²) in [5.74, 6) is -0.687. The minimum atomic E-state index is -0.356. The zero-order valence-electron chi connectivity index (χ0n) is 15.7. The quantitative estimate of drug-likeness (QED) is 0.614. The number of nitrogens with one attached hydrogen (secondary N) is 2. The van der Waals surface area contributed by atoms with Gasteiger partial charge >= 0.3 is 5.97 Å². The summed E-state index contributed by atoms with van der Waals surface area (Å²) >= 11 is 0. The van der Waals surface area contributed by atoms with Crippen LogP contribution in [0.2, 0.25) is 0 Å². The van der Waals surface area contributed by atoms with Crippen molar-refractivity contribution in [3.63, 3.8) is 0 Å². The van der Waals surface area contributed by atoms with Gasteiger partial charge in [-0.1, -0.05) is 24.3 Å². The van der Waals surface area contributed by atoms with Crippen LogP contribution in [0, 0.1) is 13.8 Å². The van der Waals surface area contributed by atoms with Crippen LogP contribution in [-0.2, 0) is 20.7 Å². The molecule has 0 saturated heterocycles. The molecule has 3 aromatic rings. The Morgan fingerprint density at radius 3 is 2.70 bits per heavy atom. The third-order valence-electron chi connectivity index (χ3n) is 4.66. The van der Waals surface area contributed by atoms with E-state index in [1.807, 2.05) is 56.4 Å². The van der Waals surface area contributed by atoms with Gasteiger partial charge in [0, 0.05) is 29.2 Å². The van der Waals surface area contributed by atoms with Gasteiger partial charge in [0.2, 0.25) is 0 Å². The topological polar surface area (TPSA) is 71.2 Å². The molecule has 1 aromatic heterocycles. The third-order valence-corrected chi connectivity index (χ3v) is 4.66. The predicted octanol–water partition coefficient (Wildman–Crippen LogP) is 4.29. The Morgan fingerprint density at radius 2 is 1.89 bits per heavy atom. The van der Waals surface area contributed by atoms with Crippen LogP contribution >= 0.6 is 0 Å². The smallest absolute Gasteiger partial charge is 0.306 e. The molecule has 0 saturated carbocycles. The van der Waals surface area contributed by atoms with E-state index >= 15 is 0 Å². The molecule has 1 heterocycles. The molecule has 5 nitrogen and oxygen atoms in total. The lowest BCUT2D eigenvalue weighted by Gasteiger charge is -2.08. The minimum absolute atomic E-state index is 0.265. The van der Waals surface area contributed by atoms with E-state index in [2.05, 4.69) is 16.4 Å². The molecule has 0 bridgehead atoms. The van der Waals surface area contributed by atoms with Gasteiger partial charge in [0.25, 0.3) is 5.91 Å². The first-order chi connectivity index (χ1) is 13.0. The zero-order chi connectivity index (χ0) is 19.2. The summed E-state index contributed by atoms with van der Waals surface area (Å²) in [5, 5.41) is 3.92. The van der Waals surface area contributed by atoms with Crippen molar-refractivity contribution < 1.29 is 14.3 Å². The number of ether oxygens (including phenoxy) is 1. The molecule has 0 spiro atoms. The number of aromatic amines is 1. The van der Waals surface area contributed by atoms with Crippen LogP contribution in [0.5, 0.6) is 0 Å². The molecule has 1 amide bonds. The van der Waals surface area contributed by atoms with E-state index < -0.39 is 0 Å². The highest BCUT2D eigenvalue weighted by Crippen LogP contribution is 2.19. The normalized spacial score (nSPS) is 10.7. The van der Waals surface area contributed by atoms with Crippen molar-refractivity contribution in [1.29, 1.82) is 0 Å². The fourth-order valence-electron chi connectivity index (χ4n) is 3.00. The number of carbonyl (C=O) groups excluding carboxylic acids is 2. The Hall–Kier alpha value is -3.08. The molecule has 0 aliphatic carbocycles. The van der Waals surface area contributed by atoms with Gasteiger partial charge in [-0.25, -0.2) is 0 Å². The van der Waals surface area contributed by atoms with Gasteiger partial charge in [-0.15, -0.1) is 0 Å². The number of anilines is 1. The van der Waals surface area contributed by atoms with Crippen molar-refractivity contribution in [2.24, 2.45) is 0 Å². The average molecular weight is 364 g/mol. The van der Waals surface area contributed by atoms with Gasteiger partial charge in [-0.3, -0.25) is 9.59 Å². The number of aryl methyl sites for hydroxylation is 3. The molecule has 0 radical (unpaired) electrons. The summed E-state index contributed by atoms with van der Waals surface area (Å²) in [5.41, 5.74) is 5.25. The molecule has 2 N–H and O–H groups in total. The summed E-state index contributed by atoms with van der Waals surface area (Å²) < 4.78 is 5.08. The van der Waals surface area contributed by atoms with Gasteiger partial charge in [-0.2, -0.15) is 0 Å². The summed E-state index contributed by atoms with van der Waals surface area (Å²) in [6, 6.07) is 13.8. The van der Waals surface area contributed by atoms with Crippen molar-refractivity contribution in [1.82, 2.24) is 4.98 Å². The number of aromatic nitrogens is 1. The fourth-order valence-corrected chi connectivity index (χ4v) is 3.00. The maximum absolute atomic E-state index is 11.9. The molecule has 0 aliphatic heterocycles. The van der Waals surface area contributed by atoms with E-state index in [1.165, 1.54) is 10.9 Å². The number of esters is 1. The van der Waals surface area contributed by atoms with Crippen LogP contribution in [0.15, 0.2) is 48.7 Å². The predicted molar refractivity (Wildman–Crippen MR) is 107 cm³/mol. The Labute approximate surface area is 158 Å². The minimum Gasteiger partial charge on any atom is -0.456 e. The highest BCUT2D eigenvalue weighted by Gasteiger charge is 2.09. The molecule has 0 atom stereocenters. The number of amides is 1. The molecular formula is C22H24N2O3. The number of benzene rings is 2. The lowest BCUT2D eigenvalue weighted by Crippen LogP contribution is -2.20. The number of carbonyl (C=O) groups is 2. The van der Waals surface area contributed by atoms with Crippen LogP contribution in [0.25, 0.3) is 10.9 Å². The molecular weight excluding hydrogens is 340 g/mol. The zero-order valence-corrected chi connectivity index (χ0v) is 15.7. The van der Waals surface area contributed by atoms with E-state index in [1.54, 1.807) is 0 Å². The van der Waals surface area contributed by atoms with Gasteiger partial charge in [0.1, 0.15) is 0 Å². The summed E-state index contributed by atoms with van der Waals surface area (Å²) in [6.45, 7) is 3.73. The summed E-state index contributed by atoms with van der Waals surface area (Å²) in [7, 11) is 0. The summed E-state index contributed by atoms with van der Waals surface area (Å²) in [6.07, 6.45) is 3.73. The van der Waals surface area contributed by atoms with Crippen LogP contribution in [0.1, 0.15) is 29.5 Å².